The summed E-state index contributed by atoms with van der Waals surface area (Å²) in [5, 5.41) is 1.14. The first kappa shape index (κ1) is 16.0. The van der Waals surface area contributed by atoms with Crippen molar-refractivity contribution < 1.29 is 14.3 Å². The Hall–Kier alpha value is -2.50. The van der Waals surface area contributed by atoms with Crippen LogP contribution in [0.25, 0.3) is 10.9 Å². The van der Waals surface area contributed by atoms with Crippen LogP contribution in [0.4, 0.5) is 4.79 Å². The normalized spacial score (nSPS) is 19.1. The highest BCUT2D eigenvalue weighted by atomic mass is 16.6. The number of ether oxygens (including phenoxy) is 1. The summed E-state index contributed by atoms with van der Waals surface area (Å²) in [6.45, 7) is 4.39. The topological polar surface area (TPSA) is 65.6 Å². The van der Waals surface area contributed by atoms with Crippen molar-refractivity contribution in [2.24, 2.45) is 0 Å². The van der Waals surface area contributed by atoms with Crippen LogP contribution in [0.2, 0.25) is 0 Å². The zero-order chi connectivity index (χ0) is 17.4. The number of aromatic nitrogens is 1. The van der Waals surface area contributed by atoms with Gasteiger partial charge in [0.25, 0.3) is 0 Å². The molecule has 4 rings (SSSR count). The second kappa shape index (κ2) is 6.10. The molecule has 6 heteroatoms. The van der Waals surface area contributed by atoms with Crippen molar-refractivity contribution >= 4 is 22.9 Å². The molecule has 0 radical (unpaired) electrons. The van der Waals surface area contributed by atoms with E-state index in [0.717, 1.165) is 29.3 Å². The van der Waals surface area contributed by atoms with Gasteiger partial charge in [0.05, 0.1) is 12.0 Å². The lowest BCUT2D eigenvalue weighted by Crippen LogP contribution is -2.53. The summed E-state index contributed by atoms with van der Waals surface area (Å²) in [7, 11) is 0. The largest absolute Gasteiger partial charge is 0.450 e. The molecule has 25 heavy (non-hydrogen) atoms. The number of benzene rings is 1. The summed E-state index contributed by atoms with van der Waals surface area (Å²) >= 11 is 0. The molecule has 2 aliphatic rings. The molecule has 0 spiro atoms. The van der Waals surface area contributed by atoms with Crippen LogP contribution >= 0.6 is 0 Å². The molecule has 0 atom stereocenters. The summed E-state index contributed by atoms with van der Waals surface area (Å²) < 4.78 is 5.04. The Labute approximate surface area is 146 Å². The maximum absolute atomic E-state index is 13.2. The van der Waals surface area contributed by atoms with Crippen molar-refractivity contribution in [3.05, 3.63) is 36.0 Å². The number of hydrogen-bond donors (Lipinski definition) is 1. The Balaban J connectivity index is 1.49. The van der Waals surface area contributed by atoms with Gasteiger partial charge in [0, 0.05) is 43.3 Å². The van der Waals surface area contributed by atoms with E-state index in [9.17, 15) is 9.59 Å². The van der Waals surface area contributed by atoms with Gasteiger partial charge in [-0.05, 0) is 31.4 Å². The summed E-state index contributed by atoms with van der Waals surface area (Å²) in [6.07, 6.45) is 3.49. The molecule has 2 heterocycles. The molecule has 1 N–H and O–H groups in total. The number of para-hydroxylation sites is 1. The van der Waals surface area contributed by atoms with E-state index in [0.29, 0.717) is 32.8 Å². The number of H-pyrrole nitrogens is 1. The maximum Gasteiger partial charge on any atom is 0.409 e. The number of carbonyl (C=O) groups excluding carboxylic acids is 2. The number of amides is 2. The fourth-order valence-corrected chi connectivity index (χ4v) is 3.80. The minimum Gasteiger partial charge on any atom is -0.450 e. The molecule has 1 aliphatic carbocycles. The van der Waals surface area contributed by atoms with Gasteiger partial charge in [-0.25, -0.2) is 4.79 Å². The van der Waals surface area contributed by atoms with Crippen LogP contribution < -0.4 is 0 Å². The lowest BCUT2D eigenvalue weighted by atomic mass is 9.93. The molecule has 132 valence electrons. The second-order valence-electron chi connectivity index (χ2n) is 6.81. The molecule has 1 saturated heterocycles. The zero-order valence-electron chi connectivity index (χ0n) is 14.5. The van der Waals surface area contributed by atoms with Gasteiger partial charge in [-0.15, -0.1) is 0 Å². The molecular weight excluding hydrogens is 318 g/mol. The van der Waals surface area contributed by atoms with Crippen LogP contribution in [0.15, 0.2) is 30.5 Å². The summed E-state index contributed by atoms with van der Waals surface area (Å²) in [5.41, 5.74) is 1.80. The van der Waals surface area contributed by atoms with Gasteiger partial charge >= 0.3 is 6.09 Å². The van der Waals surface area contributed by atoms with Crippen molar-refractivity contribution in [3.63, 3.8) is 0 Å². The van der Waals surface area contributed by atoms with Gasteiger partial charge in [0.15, 0.2) is 0 Å². The molecule has 0 bridgehead atoms. The molecule has 2 amide bonds. The quantitative estimate of drug-likeness (QED) is 0.933. The minimum atomic E-state index is -0.383. The summed E-state index contributed by atoms with van der Waals surface area (Å²) in [4.78, 5) is 31.9. The molecule has 2 aromatic rings. The van der Waals surface area contributed by atoms with Crippen LogP contribution in [0.1, 0.15) is 25.3 Å². The van der Waals surface area contributed by atoms with Crippen molar-refractivity contribution in [2.45, 2.75) is 25.2 Å². The van der Waals surface area contributed by atoms with Gasteiger partial charge in [-0.1, -0.05) is 18.2 Å². The summed E-state index contributed by atoms with van der Waals surface area (Å²) in [6, 6.07) is 8.13. The Morgan fingerprint density at radius 1 is 1.12 bits per heavy atom. The van der Waals surface area contributed by atoms with E-state index >= 15 is 0 Å². The first-order chi connectivity index (χ1) is 12.2. The first-order valence-electron chi connectivity index (χ1n) is 8.93. The highest BCUT2D eigenvalue weighted by Crippen LogP contribution is 2.51. The lowest BCUT2D eigenvalue weighted by Gasteiger charge is -2.36. The Bertz CT molecular complexity index is 801. The van der Waals surface area contributed by atoms with Gasteiger partial charge in [0.2, 0.25) is 5.91 Å². The van der Waals surface area contributed by atoms with Crippen molar-refractivity contribution in [1.29, 1.82) is 0 Å². The van der Waals surface area contributed by atoms with Gasteiger partial charge in [-0.3, -0.25) is 4.79 Å². The number of nitrogens with zero attached hydrogens (tertiary/aromatic N) is 2. The third kappa shape index (κ3) is 2.65. The monoisotopic (exact) mass is 341 g/mol. The molecule has 0 unspecified atom stereocenters. The highest BCUT2D eigenvalue weighted by Gasteiger charge is 2.54. The first-order valence-corrected chi connectivity index (χ1v) is 8.93. The third-order valence-corrected chi connectivity index (χ3v) is 5.36. The molecule has 1 aromatic carbocycles. The van der Waals surface area contributed by atoms with E-state index in [1.165, 1.54) is 0 Å². The van der Waals surface area contributed by atoms with E-state index < -0.39 is 0 Å². The van der Waals surface area contributed by atoms with E-state index in [2.05, 4.69) is 11.1 Å². The van der Waals surface area contributed by atoms with Gasteiger partial charge in [-0.2, -0.15) is 0 Å². The number of fused-ring (bicyclic) bond motifs is 1. The van der Waals surface area contributed by atoms with E-state index in [1.54, 1.807) is 11.8 Å². The average Bonchev–Trinajstić information content (AvgIpc) is 3.34. The van der Waals surface area contributed by atoms with Crippen LogP contribution in [0.3, 0.4) is 0 Å². The molecule has 1 aromatic heterocycles. The highest BCUT2D eigenvalue weighted by molar-refractivity contribution is 5.97. The van der Waals surface area contributed by atoms with Crippen molar-refractivity contribution in [3.8, 4) is 0 Å². The van der Waals surface area contributed by atoms with Crippen LogP contribution in [-0.4, -0.2) is 59.6 Å². The number of hydrogen-bond acceptors (Lipinski definition) is 3. The fourth-order valence-electron chi connectivity index (χ4n) is 3.80. The second-order valence-corrected chi connectivity index (χ2v) is 6.81. The van der Waals surface area contributed by atoms with Crippen LogP contribution in [-0.2, 0) is 14.9 Å². The predicted molar refractivity (Wildman–Crippen MR) is 94.4 cm³/mol. The number of carbonyl (C=O) groups is 2. The fraction of sp³-hybridized carbons (Fsp3) is 0.474. The minimum absolute atomic E-state index is 0.195. The lowest BCUT2D eigenvalue weighted by molar-refractivity contribution is -0.135. The number of rotatable bonds is 3. The zero-order valence-corrected chi connectivity index (χ0v) is 14.5. The Morgan fingerprint density at radius 3 is 2.48 bits per heavy atom. The maximum atomic E-state index is 13.2. The van der Waals surface area contributed by atoms with E-state index in [4.69, 9.17) is 4.74 Å². The number of aromatic amines is 1. The van der Waals surface area contributed by atoms with Crippen molar-refractivity contribution in [1.82, 2.24) is 14.8 Å². The smallest absolute Gasteiger partial charge is 0.409 e. The third-order valence-electron chi connectivity index (χ3n) is 5.36. The van der Waals surface area contributed by atoms with Gasteiger partial charge < -0.3 is 19.5 Å². The molecular formula is C19H23N3O3. The molecule has 6 nitrogen and oxygen atoms in total. The predicted octanol–water partition coefficient (Wildman–Crippen LogP) is 2.50. The van der Waals surface area contributed by atoms with E-state index in [-0.39, 0.29) is 17.4 Å². The Morgan fingerprint density at radius 2 is 1.80 bits per heavy atom. The number of piperazine rings is 1. The van der Waals surface area contributed by atoms with Crippen LogP contribution in [0.5, 0.6) is 0 Å². The van der Waals surface area contributed by atoms with Crippen molar-refractivity contribution in [2.75, 3.05) is 32.8 Å². The molecule has 2 fully saturated rings. The average molecular weight is 341 g/mol. The van der Waals surface area contributed by atoms with Gasteiger partial charge in [0.1, 0.15) is 0 Å². The number of nitrogens with one attached hydrogen (secondary N) is 1. The summed E-state index contributed by atoms with van der Waals surface area (Å²) in [5.74, 6) is 0.195. The molecule has 1 saturated carbocycles. The standard InChI is InChI=1S/C19H23N3O3/c1-2-25-18(24)22-11-9-21(10-12-22)17(23)19(7-8-19)15-13-20-16-6-4-3-5-14(15)16/h3-6,13,20H,2,7-12H2,1H3. The van der Waals surface area contributed by atoms with E-state index in [1.807, 2.05) is 29.3 Å². The van der Waals surface area contributed by atoms with Crippen LogP contribution in [0, 0.1) is 0 Å². The Kier molecular flexibility index (Phi) is 3.90. The SMILES string of the molecule is CCOC(=O)N1CCN(C(=O)C2(c3c[nH]c4ccccc34)CC2)CC1. The molecule has 1 aliphatic heterocycles.